The van der Waals surface area contributed by atoms with Gasteiger partial charge in [-0.15, -0.1) is 11.8 Å². The molecule has 0 aromatic heterocycles. The second-order valence-electron chi connectivity index (χ2n) is 12.2. The molecule has 0 saturated heterocycles. The Kier molecular flexibility index (Phi) is 12.8. The van der Waals surface area contributed by atoms with E-state index in [1.54, 1.807) is 20.8 Å². The quantitative estimate of drug-likeness (QED) is 0.111. The molecule has 6 nitrogen and oxygen atoms in total. The smallest absolute Gasteiger partial charge is 0.408 e. The van der Waals surface area contributed by atoms with Crippen molar-refractivity contribution in [3.63, 3.8) is 0 Å². The normalized spacial score (nSPS) is 13.3. The number of amides is 2. The summed E-state index contributed by atoms with van der Waals surface area (Å²) in [6.45, 7) is 10.5. The van der Waals surface area contributed by atoms with Crippen LogP contribution in [0.5, 0.6) is 0 Å². The van der Waals surface area contributed by atoms with Gasteiger partial charge in [0.15, 0.2) is 0 Å². The van der Waals surface area contributed by atoms with Crippen LogP contribution in [-0.4, -0.2) is 41.2 Å². The van der Waals surface area contributed by atoms with Crippen LogP contribution in [0.1, 0.15) is 71.1 Å². The van der Waals surface area contributed by atoms with Gasteiger partial charge in [0, 0.05) is 6.42 Å². The molecule has 0 aliphatic carbocycles. The molecule has 0 radical (unpaired) electrons. The zero-order valence-corrected chi connectivity index (χ0v) is 27.5. The number of allylic oxidation sites excluding steroid dienone is 1. The molecule has 0 heterocycles. The highest BCUT2D eigenvalue weighted by Gasteiger charge is 2.36. The molecule has 0 aliphatic rings. The van der Waals surface area contributed by atoms with E-state index in [9.17, 15) is 14.4 Å². The van der Waals surface area contributed by atoms with Crippen LogP contribution in [0.3, 0.4) is 0 Å². The lowest BCUT2D eigenvalue weighted by Gasteiger charge is -2.35. The van der Waals surface area contributed by atoms with Crippen LogP contribution in [0.2, 0.25) is 0 Å². The predicted molar refractivity (Wildman–Crippen MR) is 181 cm³/mol. The lowest BCUT2D eigenvalue weighted by molar-refractivity contribution is -0.125. The maximum atomic E-state index is 13.2. The highest BCUT2D eigenvalue weighted by molar-refractivity contribution is 8.00. The number of carbonyl (C=O) groups excluding carboxylic acids is 3. The molecule has 234 valence electrons. The van der Waals surface area contributed by atoms with E-state index < -0.39 is 28.5 Å². The van der Waals surface area contributed by atoms with Gasteiger partial charge in [0.25, 0.3) is 0 Å². The van der Waals surface area contributed by atoms with Crippen molar-refractivity contribution in [3.8, 4) is 0 Å². The third-order valence-electron chi connectivity index (χ3n) is 6.97. The van der Waals surface area contributed by atoms with Crippen LogP contribution in [-0.2, 0) is 19.1 Å². The van der Waals surface area contributed by atoms with Crippen molar-refractivity contribution in [2.75, 3.05) is 5.75 Å². The number of carbonyl (C=O) groups is 3. The van der Waals surface area contributed by atoms with E-state index in [4.69, 9.17) is 4.74 Å². The van der Waals surface area contributed by atoms with Crippen LogP contribution in [0.4, 0.5) is 4.79 Å². The van der Waals surface area contributed by atoms with Gasteiger partial charge in [0.2, 0.25) is 5.91 Å². The Labute approximate surface area is 267 Å². The van der Waals surface area contributed by atoms with Crippen LogP contribution >= 0.6 is 11.8 Å². The van der Waals surface area contributed by atoms with E-state index in [-0.39, 0.29) is 24.0 Å². The summed E-state index contributed by atoms with van der Waals surface area (Å²) in [4.78, 5) is 37.7. The SMILES string of the molecule is CC(=O)C[C@@H](/C=C/CCSC(c1ccccc1)(c1ccccc1)c1ccccc1)NC(=O)C(NC(=O)OC(C)(C)C)C(C)C. The molecule has 2 amide bonds. The summed E-state index contributed by atoms with van der Waals surface area (Å²) in [6, 6.07) is 30.3. The largest absolute Gasteiger partial charge is 0.444 e. The number of ether oxygens (including phenoxy) is 1. The summed E-state index contributed by atoms with van der Waals surface area (Å²) in [7, 11) is 0. The molecule has 3 aromatic rings. The van der Waals surface area contributed by atoms with Gasteiger partial charge in [0.1, 0.15) is 17.4 Å². The topological polar surface area (TPSA) is 84.5 Å². The Bertz CT molecular complexity index is 1270. The van der Waals surface area contributed by atoms with Gasteiger partial charge in [-0.05, 0) is 62.5 Å². The first-order chi connectivity index (χ1) is 20.9. The van der Waals surface area contributed by atoms with E-state index in [0.29, 0.717) is 0 Å². The molecule has 1 unspecified atom stereocenters. The third kappa shape index (κ3) is 10.1. The monoisotopic (exact) mass is 614 g/mol. The summed E-state index contributed by atoms with van der Waals surface area (Å²) in [5, 5.41) is 5.64. The number of nitrogens with one attached hydrogen (secondary N) is 2. The van der Waals surface area contributed by atoms with Gasteiger partial charge in [-0.25, -0.2) is 4.79 Å². The summed E-state index contributed by atoms with van der Waals surface area (Å²) >= 11 is 1.86. The van der Waals surface area contributed by atoms with Crippen LogP contribution in [0.15, 0.2) is 103 Å². The number of benzene rings is 3. The van der Waals surface area contributed by atoms with Gasteiger partial charge in [-0.1, -0.05) is 117 Å². The van der Waals surface area contributed by atoms with Crippen molar-refractivity contribution in [3.05, 3.63) is 120 Å². The molecule has 2 N–H and O–H groups in total. The van der Waals surface area contributed by atoms with Crippen molar-refractivity contribution in [2.24, 2.45) is 5.92 Å². The third-order valence-corrected chi connectivity index (χ3v) is 8.55. The van der Waals surface area contributed by atoms with Gasteiger partial charge >= 0.3 is 6.09 Å². The highest BCUT2D eigenvalue weighted by Crippen LogP contribution is 2.48. The maximum absolute atomic E-state index is 13.2. The minimum atomic E-state index is -0.800. The molecule has 0 saturated carbocycles. The Morgan fingerprint density at radius 2 is 1.27 bits per heavy atom. The fourth-order valence-electron chi connectivity index (χ4n) is 5.03. The Hall–Kier alpha value is -3.84. The Morgan fingerprint density at radius 1 is 0.795 bits per heavy atom. The molecule has 44 heavy (non-hydrogen) atoms. The van der Waals surface area contributed by atoms with E-state index >= 15 is 0 Å². The second-order valence-corrected chi connectivity index (χ2v) is 13.5. The lowest BCUT2D eigenvalue weighted by atomic mass is 9.84. The molecular weight excluding hydrogens is 568 g/mol. The van der Waals surface area contributed by atoms with Crippen LogP contribution in [0.25, 0.3) is 0 Å². The zero-order chi connectivity index (χ0) is 32.2. The number of ketones is 1. The standard InChI is InChI=1S/C37H46N2O4S/c1-27(2)33(39-35(42)43-36(4,5)6)34(41)38-32(26-28(3)40)24-16-17-25-44-37(29-18-10-7-11-19-29,30-20-12-8-13-21-30)31-22-14-9-15-23-31/h7-16,18-24,27,32-33H,17,25-26H2,1-6H3,(H,38,41)(H,39,42)/b24-16+/t32-,33?/m1/s1. The summed E-state index contributed by atoms with van der Waals surface area (Å²) in [5.74, 6) is 0.229. The van der Waals surface area contributed by atoms with Crippen LogP contribution < -0.4 is 10.6 Å². The molecule has 0 aliphatic heterocycles. The van der Waals surface area contributed by atoms with Crippen molar-refractivity contribution in [1.82, 2.24) is 10.6 Å². The van der Waals surface area contributed by atoms with E-state index in [1.165, 1.54) is 23.6 Å². The average Bonchev–Trinajstić information content (AvgIpc) is 2.98. The van der Waals surface area contributed by atoms with E-state index in [1.807, 2.05) is 56.0 Å². The molecule has 0 fully saturated rings. The molecule has 7 heteroatoms. The van der Waals surface area contributed by atoms with Gasteiger partial charge in [-0.3, -0.25) is 9.59 Å². The van der Waals surface area contributed by atoms with Crippen molar-refractivity contribution >= 4 is 29.5 Å². The molecule has 3 aromatic carbocycles. The second kappa shape index (κ2) is 16.3. The molecule has 0 bridgehead atoms. The zero-order valence-electron chi connectivity index (χ0n) is 26.7. The van der Waals surface area contributed by atoms with Crippen molar-refractivity contribution in [1.29, 1.82) is 0 Å². The maximum Gasteiger partial charge on any atom is 0.408 e. The van der Waals surface area contributed by atoms with Crippen molar-refractivity contribution < 1.29 is 19.1 Å². The first kappa shape index (κ1) is 34.6. The predicted octanol–water partition coefficient (Wildman–Crippen LogP) is 7.67. The minimum absolute atomic E-state index is 0.0354. The fourth-order valence-corrected chi connectivity index (χ4v) is 6.50. The van der Waals surface area contributed by atoms with Gasteiger partial charge in [-0.2, -0.15) is 0 Å². The molecule has 2 atom stereocenters. The van der Waals surface area contributed by atoms with Crippen LogP contribution in [0, 0.1) is 5.92 Å². The first-order valence-electron chi connectivity index (χ1n) is 15.2. The first-order valence-corrected chi connectivity index (χ1v) is 16.2. The van der Waals surface area contributed by atoms with E-state index in [0.717, 1.165) is 12.2 Å². The Morgan fingerprint density at radius 3 is 1.68 bits per heavy atom. The molecule has 3 rings (SSSR count). The summed E-state index contributed by atoms with van der Waals surface area (Å²) in [5.41, 5.74) is 2.92. The number of Topliss-reactive ketones (excluding diaryl/α,β-unsaturated/α-hetero) is 1. The average molecular weight is 615 g/mol. The van der Waals surface area contributed by atoms with Gasteiger partial charge in [0.05, 0.1) is 10.8 Å². The minimum Gasteiger partial charge on any atom is -0.444 e. The van der Waals surface area contributed by atoms with Crippen molar-refractivity contribution in [2.45, 2.75) is 76.8 Å². The Balaban J connectivity index is 1.78. The highest BCUT2D eigenvalue weighted by atomic mass is 32.2. The summed E-state index contributed by atoms with van der Waals surface area (Å²) < 4.78 is 4.94. The molecular formula is C37H46N2O4S. The molecule has 0 spiro atoms. The fraction of sp³-hybridized carbons (Fsp3) is 0.378. The summed E-state index contributed by atoms with van der Waals surface area (Å²) in [6.07, 6.45) is 4.15. The number of alkyl carbamates (subject to hydrolysis) is 1. The van der Waals surface area contributed by atoms with E-state index in [2.05, 4.69) is 83.4 Å². The number of rotatable bonds is 14. The number of thioether (sulfide) groups is 1. The number of hydrogen-bond donors (Lipinski definition) is 2. The lowest BCUT2D eigenvalue weighted by Crippen LogP contribution is -2.52. The number of hydrogen-bond acceptors (Lipinski definition) is 5. The van der Waals surface area contributed by atoms with Gasteiger partial charge < -0.3 is 15.4 Å².